The van der Waals surface area contributed by atoms with Crippen LogP contribution in [0.3, 0.4) is 0 Å². The smallest absolute Gasteiger partial charge is 0.273 e. The van der Waals surface area contributed by atoms with E-state index in [4.69, 9.17) is 21.5 Å². The van der Waals surface area contributed by atoms with Crippen molar-refractivity contribution >= 4 is 54.6 Å². The van der Waals surface area contributed by atoms with E-state index in [2.05, 4.69) is 37.1 Å². The number of aromatic nitrogens is 2. The summed E-state index contributed by atoms with van der Waals surface area (Å²) >= 11 is 9.06. The average molecular weight is 479 g/mol. The number of anilines is 1. The molecule has 9 nitrogen and oxygen atoms in total. The monoisotopic (exact) mass is 477 g/mol. The molecule has 0 aliphatic rings. The van der Waals surface area contributed by atoms with Crippen molar-refractivity contribution in [3.05, 3.63) is 44.3 Å². The number of non-ortho nitro benzene ring substituents is 1. The Balaban J connectivity index is 1.90. The Labute approximate surface area is 169 Å². The first-order valence-corrected chi connectivity index (χ1v) is 10.6. The van der Waals surface area contributed by atoms with Gasteiger partial charge in [0.15, 0.2) is 0 Å². The zero-order valence-electron chi connectivity index (χ0n) is 14.1. The SMILES string of the molecule is C=S(N)(=O)c1ccc([N+](=O)[O-])cc1OCCCCNc1nc(Cl)ncc1Br. The summed E-state index contributed by atoms with van der Waals surface area (Å²) < 4.78 is 18.3. The molecule has 2 rings (SSSR count). The summed E-state index contributed by atoms with van der Waals surface area (Å²) in [6.07, 6.45) is 2.91. The number of nitrogens with zero attached hydrogens (tertiary/aromatic N) is 3. The van der Waals surface area contributed by atoms with E-state index in [1.54, 1.807) is 6.20 Å². The largest absolute Gasteiger partial charge is 0.492 e. The first kappa shape index (κ1) is 21.4. The lowest BCUT2D eigenvalue weighted by Gasteiger charge is -2.12. The summed E-state index contributed by atoms with van der Waals surface area (Å²) in [5, 5.41) is 19.7. The van der Waals surface area contributed by atoms with Crippen molar-refractivity contribution in [1.29, 1.82) is 0 Å². The molecule has 1 atom stereocenters. The van der Waals surface area contributed by atoms with Gasteiger partial charge in [0, 0.05) is 18.8 Å². The molecule has 1 aromatic heterocycles. The van der Waals surface area contributed by atoms with Crippen LogP contribution in [0.2, 0.25) is 5.28 Å². The lowest BCUT2D eigenvalue weighted by atomic mass is 10.3. The van der Waals surface area contributed by atoms with Crippen LogP contribution in [-0.2, 0) is 9.71 Å². The van der Waals surface area contributed by atoms with Gasteiger partial charge in [0.05, 0.1) is 36.7 Å². The van der Waals surface area contributed by atoms with Crippen molar-refractivity contribution in [1.82, 2.24) is 9.97 Å². The molecule has 0 saturated heterocycles. The highest BCUT2D eigenvalue weighted by molar-refractivity contribution is 9.10. The summed E-state index contributed by atoms with van der Waals surface area (Å²) in [7, 11) is -3.06. The van der Waals surface area contributed by atoms with E-state index in [0.29, 0.717) is 23.3 Å². The van der Waals surface area contributed by atoms with Gasteiger partial charge in [0.1, 0.15) is 11.6 Å². The molecule has 0 fully saturated rings. The van der Waals surface area contributed by atoms with E-state index < -0.39 is 14.6 Å². The van der Waals surface area contributed by atoms with Crippen LogP contribution in [0, 0.1) is 10.1 Å². The van der Waals surface area contributed by atoms with Crippen molar-refractivity contribution < 1.29 is 13.9 Å². The van der Waals surface area contributed by atoms with E-state index in [0.717, 1.165) is 6.42 Å². The second-order valence-corrected chi connectivity index (χ2v) is 8.52. The minimum Gasteiger partial charge on any atom is -0.492 e. The first-order chi connectivity index (χ1) is 12.7. The normalized spacial score (nSPS) is 13.0. The number of nitrogens with one attached hydrogen (secondary N) is 1. The summed E-state index contributed by atoms with van der Waals surface area (Å²) in [5.74, 6) is 4.08. The molecule has 2 aromatic rings. The van der Waals surface area contributed by atoms with E-state index in [1.165, 1.54) is 18.2 Å². The summed E-state index contributed by atoms with van der Waals surface area (Å²) in [6.45, 7) is 0.858. The number of rotatable bonds is 9. The van der Waals surface area contributed by atoms with Crippen LogP contribution in [0.25, 0.3) is 0 Å². The number of ether oxygens (including phenoxy) is 1. The number of unbranched alkanes of at least 4 members (excludes halogenated alkanes) is 1. The van der Waals surface area contributed by atoms with Crippen LogP contribution < -0.4 is 15.2 Å². The molecule has 0 spiro atoms. The molecule has 0 saturated carbocycles. The van der Waals surface area contributed by atoms with Gasteiger partial charge in [-0.1, -0.05) is 0 Å². The van der Waals surface area contributed by atoms with Gasteiger partial charge in [0.2, 0.25) is 5.28 Å². The van der Waals surface area contributed by atoms with Crippen LogP contribution in [0.5, 0.6) is 5.75 Å². The molecule has 1 unspecified atom stereocenters. The molecule has 0 aliphatic carbocycles. The standard InChI is InChI=1S/C15H17BrClN5O4S/c1-27(18,25)13-5-4-10(22(23)24)8-12(13)26-7-3-2-6-19-14-11(16)9-20-15(17)21-14/h4-5,8-9H,1-3,6-7H2,(H2,18,25)(H,19,20,21). The molecule has 0 bridgehead atoms. The number of benzene rings is 1. The summed E-state index contributed by atoms with van der Waals surface area (Å²) in [5.41, 5.74) is -0.176. The van der Waals surface area contributed by atoms with Crippen molar-refractivity contribution in [3.63, 3.8) is 0 Å². The van der Waals surface area contributed by atoms with Gasteiger partial charge < -0.3 is 10.1 Å². The molecule has 0 aliphatic heterocycles. The molecule has 27 heavy (non-hydrogen) atoms. The lowest BCUT2D eigenvalue weighted by molar-refractivity contribution is -0.385. The van der Waals surface area contributed by atoms with Gasteiger partial charge in [-0.15, -0.1) is 0 Å². The predicted octanol–water partition coefficient (Wildman–Crippen LogP) is 3.02. The zero-order chi connectivity index (χ0) is 20.0. The maximum Gasteiger partial charge on any atom is 0.273 e. The Morgan fingerprint density at radius 3 is 2.85 bits per heavy atom. The van der Waals surface area contributed by atoms with E-state index in [1.807, 2.05) is 0 Å². The van der Waals surface area contributed by atoms with Crippen molar-refractivity contribution in [2.75, 3.05) is 18.5 Å². The Hall–Kier alpha value is -1.95. The fourth-order valence-corrected chi connectivity index (χ4v) is 3.32. The Bertz CT molecular complexity index is 942. The lowest BCUT2D eigenvalue weighted by Crippen LogP contribution is -2.14. The second-order valence-electron chi connectivity index (χ2n) is 5.43. The fraction of sp³-hybridized carbons (Fsp3) is 0.267. The van der Waals surface area contributed by atoms with Gasteiger partial charge >= 0.3 is 0 Å². The highest BCUT2D eigenvalue weighted by Crippen LogP contribution is 2.28. The molecule has 0 amide bonds. The second kappa shape index (κ2) is 9.31. The maximum absolute atomic E-state index is 12.0. The van der Waals surface area contributed by atoms with Crippen LogP contribution in [0.15, 0.2) is 33.8 Å². The molecular weight excluding hydrogens is 462 g/mol. The number of hydrogen-bond donors (Lipinski definition) is 2. The van der Waals surface area contributed by atoms with Gasteiger partial charge in [-0.25, -0.2) is 9.19 Å². The molecule has 12 heteroatoms. The third kappa shape index (κ3) is 6.31. The van der Waals surface area contributed by atoms with Gasteiger partial charge in [-0.05, 0) is 52.3 Å². The Morgan fingerprint density at radius 1 is 1.44 bits per heavy atom. The van der Waals surface area contributed by atoms with Crippen LogP contribution in [0.1, 0.15) is 12.8 Å². The van der Waals surface area contributed by atoms with E-state index in [9.17, 15) is 14.3 Å². The maximum atomic E-state index is 12.0. The number of nitro groups is 1. The average Bonchev–Trinajstić information content (AvgIpc) is 2.59. The number of hydrogen-bond acceptors (Lipinski definition) is 7. The molecule has 3 N–H and O–H groups in total. The minimum atomic E-state index is -3.06. The fourth-order valence-electron chi connectivity index (χ4n) is 2.09. The molecule has 1 aromatic carbocycles. The quantitative estimate of drug-likeness (QED) is 0.186. The van der Waals surface area contributed by atoms with Gasteiger partial charge in [0.25, 0.3) is 5.69 Å². The van der Waals surface area contributed by atoms with E-state index >= 15 is 0 Å². The number of nitro benzene ring substituents is 1. The number of nitrogens with two attached hydrogens (primary N) is 1. The number of halogens is 2. The molecule has 1 heterocycles. The van der Waals surface area contributed by atoms with Crippen LogP contribution in [0.4, 0.5) is 11.5 Å². The first-order valence-electron chi connectivity index (χ1n) is 7.66. The van der Waals surface area contributed by atoms with Crippen molar-refractivity contribution in [2.24, 2.45) is 5.14 Å². The van der Waals surface area contributed by atoms with Crippen LogP contribution in [-0.4, -0.2) is 38.1 Å². The topological polar surface area (TPSA) is 133 Å². The minimum absolute atomic E-state index is 0.102. The predicted molar refractivity (Wildman–Crippen MR) is 109 cm³/mol. The highest BCUT2D eigenvalue weighted by atomic mass is 79.9. The Kier molecular flexibility index (Phi) is 7.36. The summed E-state index contributed by atoms with van der Waals surface area (Å²) in [4.78, 5) is 18.4. The highest BCUT2D eigenvalue weighted by Gasteiger charge is 2.16. The van der Waals surface area contributed by atoms with E-state index in [-0.39, 0.29) is 28.2 Å². The third-order valence-electron chi connectivity index (χ3n) is 3.35. The van der Waals surface area contributed by atoms with Crippen molar-refractivity contribution in [2.45, 2.75) is 17.7 Å². The molecule has 0 radical (unpaired) electrons. The Morgan fingerprint density at radius 2 is 2.19 bits per heavy atom. The zero-order valence-corrected chi connectivity index (χ0v) is 17.2. The molecular formula is C15H17BrClN5O4S. The van der Waals surface area contributed by atoms with Gasteiger partial charge in [-0.2, -0.15) is 4.98 Å². The van der Waals surface area contributed by atoms with Crippen LogP contribution >= 0.6 is 27.5 Å². The third-order valence-corrected chi connectivity index (χ3v) is 5.19. The molecule has 146 valence electrons. The van der Waals surface area contributed by atoms with Crippen molar-refractivity contribution in [3.8, 4) is 5.75 Å². The summed E-state index contributed by atoms with van der Waals surface area (Å²) in [6, 6.07) is 3.72. The van der Waals surface area contributed by atoms with Gasteiger partial charge in [-0.3, -0.25) is 15.3 Å².